The number of hydrogen-bond donors (Lipinski definition) is 0. The molecule has 7 heteroatoms. The highest BCUT2D eigenvalue weighted by Gasteiger charge is 2.41. The molecule has 0 aliphatic heterocycles. The van der Waals surface area contributed by atoms with Gasteiger partial charge in [-0.3, -0.25) is 9.20 Å². The molecular weight excluding hydrogens is 343 g/mol. The molecule has 0 amide bonds. The van der Waals surface area contributed by atoms with Crippen LogP contribution in [0.4, 0.5) is 13.2 Å². The summed E-state index contributed by atoms with van der Waals surface area (Å²) in [6, 6.07) is 1.60. The third-order valence-corrected chi connectivity index (χ3v) is 5.54. The van der Waals surface area contributed by atoms with Gasteiger partial charge in [-0.25, -0.2) is 4.98 Å². The predicted molar refractivity (Wildman–Crippen MR) is 94.5 cm³/mol. The van der Waals surface area contributed by atoms with Gasteiger partial charge in [0.25, 0.3) is 5.56 Å². The highest BCUT2D eigenvalue weighted by Crippen LogP contribution is 2.42. The molecule has 1 aliphatic carbocycles. The fourth-order valence-corrected chi connectivity index (χ4v) is 3.93. The van der Waals surface area contributed by atoms with Crippen LogP contribution in [0.25, 0.3) is 5.78 Å². The molecule has 144 valence electrons. The summed E-state index contributed by atoms with van der Waals surface area (Å²) in [7, 11) is 0. The van der Waals surface area contributed by atoms with Crippen molar-refractivity contribution in [3.05, 3.63) is 34.0 Å². The molecule has 0 saturated heterocycles. The Balaban J connectivity index is 1.86. The fraction of sp³-hybridized carbons (Fsp3) is 0.684. The minimum absolute atomic E-state index is 0.00250. The van der Waals surface area contributed by atoms with E-state index in [-0.39, 0.29) is 24.3 Å². The number of alkyl halides is 3. The van der Waals surface area contributed by atoms with Gasteiger partial charge in [0.1, 0.15) is 0 Å². The first-order valence-electron chi connectivity index (χ1n) is 9.47. The number of fused-ring (bicyclic) bond motifs is 1. The van der Waals surface area contributed by atoms with Crippen molar-refractivity contribution in [2.45, 2.75) is 77.4 Å². The van der Waals surface area contributed by atoms with Crippen LogP contribution in [0, 0.1) is 12.8 Å². The second-order valence-corrected chi connectivity index (χ2v) is 7.41. The number of imidazole rings is 1. The average Bonchev–Trinajstić information content (AvgIpc) is 3.03. The molecule has 0 aromatic carbocycles. The van der Waals surface area contributed by atoms with Crippen molar-refractivity contribution in [2.75, 3.05) is 0 Å². The van der Waals surface area contributed by atoms with E-state index in [0.717, 1.165) is 37.2 Å². The number of nitrogens with zero attached hydrogens (tertiary/aromatic N) is 3. The van der Waals surface area contributed by atoms with E-state index in [1.165, 1.54) is 0 Å². The van der Waals surface area contributed by atoms with Gasteiger partial charge in [-0.05, 0) is 39.0 Å². The number of halogens is 3. The van der Waals surface area contributed by atoms with E-state index < -0.39 is 12.1 Å². The summed E-state index contributed by atoms with van der Waals surface area (Å²) in [4.78, 5) is 17.0. The van der Waals surface area contributed by atoms with Crippen LogP contribution in [0.15, 0.2) is 17.1 Å². The van der Waals surface area contributed by atoms with Gasteiger partial charge in [-0.15, -0.1) is 0 Å². The quantitative estimate of drug-likeness (QED) is 0.708. The molecule has 0 atom stereocenters. The van der Waals surface area contributed by atoms with Crippen molar-refractivity contribution in [1.29, 1.82) is 0 Å². The van der Waals surface area contributed by atoms with Crippen molar-refractivity contribution in [1.82, 2.24) is 14.0 Å². The van der Waals surface area contributed by atoms with Crippen LogP contribution in [0.1, 0.15) is 69.2 Å². The molecule has 0 spiro atoms. The van der Waals surface area contributed by atoms with E-state index in [9.17, 15) is 18.0 Å². The summed E-state index contributed by atoms with van der Waals surface area (Å²) in [5.74, 6) is -0.594. The average molecular weight is 369 g/mol. The first-order chi connectivity index (χ1) is 12.3. The van der Waals surface area contributed by atoms with Crippen LogP contribution in [0.3, 0.4) is 0 Å². The smallest absolute Gasteiger partial charge is 0.315 e. The maximum atomic E-state index is 12.9. The van der Waals surface area contributed by atoms with Crippen LogP contribution in [0.2, 0.25) is 0 Å². The number of unbranched alkanes of at least 4 members (excludes halogenated alkanes) is 2. The summed E-state index contributed by atoms with van der Waals surface area (Å²) in [6.07, 6.45) is 2.06. The molecule has 1 fully saturated rings. The zero-order valence-corrected chi connectivity index (χ0v) is 15.4. The van der Waals surface area contributed by atoms with Gasteiger partial charge in [0.05, 0.1) is 11.6 Å². The number of aryl methyl sites for hydroxylation is 2. The summed E-state index contributed by atoms with van der Waals surface area (Å²) in [5, 5.41) is 0. The van der Waals surface area contributed by atoms with E-state index in [4.69, 9.17) is 0 Å². The molecule has 4 nitrogen and oxygen atoms in total. The van der Waals surface area contributed by atoms with Gasteiger partial charge in [-0.2, -0.15) is 13.2 Å². The summed E-state index contributed by atoms with van der Waals surface area (Å²) in [6.45, 7) is 4.83. The first-order valence-corrected chi connectivity index (χ1v) is 9.47. The van der Waals surface area contributed by atoms with Crippen LogP contribution >= 0.6 is 0 Å². The van der Waals surface area contributed by atoms with Gasteiger partial charge in [0.15, 0.2) is 0 Å². The van der Waals surface area contributed by atoms with Crippen molar-refractivity contribution in [2.24, 2.45) is 5.92 Å². The van der Waals surface area contributed by atoms with Crippen LogP contribution in [-0.2, 0) is 6.54 Å². The second kappa shape index (κ2) is 7.45. The molecular formula is C19H26F3N3O. The molecule has 0 radical (unpaired) electrons. The molecule has 0 bridgehead atoms. The lowest BCUT2D eigenvalue weighted by atomic mass is 9.80. The topological polar surface area (TPSA) is 39.3 Å². The van der Waals surface area contributed by atoms with Gasteiger partial charge >= 0.3 is 6.18 Å². The van der Waals surface area contributed by atoms with E-state index >= 15 is 0 Å². The van der Waals surface area contributed by atoms with Gasteiger partial charge in [-0.1, -0.05) is 19.8 Å². The molecule has 2 aromatic rings. The Bertz CT molecular complexity index is 814. The highest BCUT2D eigenvalue weighted by atomic mass is 19.4. The van der Waals surface area contributed by atoms with Crippen molar-refractivity contribution in [3.8, 4) is 0 Å². The largest absolute Gasteiger partial charge is 0.391 e. The number of hydrogen-bond acceptors (Lipinski definition) is 2. The van der Waals surface area contributed by atoms with Crippen molar-refractivity contribution >= 4 is 5.78 Å². The van der Waals surface area contributed by atoms with Crippen molar-refractivity contribution < 1.29 is 13.2 Å². The summed E-state index contributed by atoms with van der Waals surface area (Å²) in [5.41, 5.74) is 1.49. The van der Waals surface area contributed by atoms with E-state index in [0.29, 0.717) is 18.6 Å². The van der Waals surface area contributed by atoms with Gasteiger partial charge in [0.2, 0.25) is 5.78 Å². The Kier molecular flexibility index (Phi) is 5.44. The molecule has 0 N–H and O–H groups in total. The Labute approximate surface area is 151 Å². The van der Waals surface area contributed by atoms with Crippen LogP contribution in [0.5, 0.6) is 0 Å². The molecule has 2 aromatic heterocycles. The lowest BCUT2D eigenvalue weighted by Gasteiger charge is -2.28. The Morgan fingerprint density at radius 1 is 1.19 bits per heavy atom. The number of aromatic nitrogens is 3. The van der Waals surface area contributed by atoms with Gasteiger partial charge in [0, 0.05) is 30.4 Å². The van der Waals surface area contributed by atoms with E-state index in [1.807, 2.05) is 11.5 Å². The zero-order valence-electron chi connectivity index (χ0n) is 15.4. The third kappa shape index (κ3) is 3.81. The molecule has 3 rings (SSSR count). The van der Waals surface area contributed by atoms with Gasteiger partial charge < -0.3 is 4.57 Å². The monoisotopic (exact) mass is 369 g/mol. The SMILES string of the molecule is CCCCCn1c(C)cc(=O)n2cc(C3CCC(C(F)(F)F)CC3)nc12. The summed E-state index contributed by atoms with van der Waals surface area (Å²) < 4.78 is 42.2. The highest BCUT2D eigenvalue weighted by molar-refractivity contribution is 5.35. The first kappa shape index (κ1) is 19.0. The van der Waals surface area contributed by atoms with Crippen molar-refractivity contribution in [3.63, 3.8) is 0 Å². The normalized spacial score (nSPS) is 21.4. The zero-order chi connectivity index (χ0) is 18.9. The number of rotatable bonds is 5. The van der Waals surface area contributed by atoms with E-state index in [1.54, 1.807) is 16.7 Å². The molecule has 0 unspecified atom stereocenters. The maximum absolute atomic E-state index is 12.9. The molecule has 26 heavy (non-hydrogen) atoms. The standard InChI is InChI=1S/C19H26F3N3O/c1-3-4-5-10-24-13(2)11-17(26)25-12-16(23-18(24)25)14-6-8-15(9-7-14)19(20,21)22/h11-12,14-15H,3-10H2,1-2H3. The minimum Gasteiger partial charge on any atom is -0.315 e. The predicted octanol–water partition coefficient (Wildman–Crippen LogP) is 4.83. The fourth-order valence-electron chi connectivity index (χ4n) is 3.93. The molecule has 1 aliphatic rings. The van der Waals surface area contributed by atoms with Crippen LogP contribution < -0.4 is 5.56 Å². The Hall–Kier alpha value is -1.79. The Morgan fingerprint density at radius 2 is 1.88 bits per heavy atom. The summed E-state index contributed by atoms with van der Waals surface area (Å²) >= 11 is 0. The minimum atomic E-state index is -4.11. The Morgan fingerprint density at radius 3 is 2.50 bits per heavy atom. The maximum Gasteiger partial charge on any atom is 0.391 e. The lowest BCUT2D eigenvalue weighted by molar-refractivity contribution is -0.182. The van der Waals surface area contributed by atoms with Crippen LogP contribution in [-0.4, -0.2) is 20.1 Å². The molecule has 1 saturated carbocycles. The second-order valence-electron chi connectivity index (χ2n) is 7.41. The molecule has 2 heterocycles. The lowest BCUT2D eigenvalue weighted by Crippen LogP contribution is -2.27. The third-order valence-electron chi connectivity index (χ3n) is 5.54. The van der Waals surface area contributed by atoms with E-state index in [2.05, 4.69) is 11.9 Å².